The number of nitrogen functional groups attached to an aromatic ring is 2. The smallest absolute Gasteiger partial charge is 0.222 e. The second kappa shape index (κ2) is 7.00. The number of nitrogens with zero attached hydrogens (tertiary/aromatic N) is 2. The predicted octanol–water partition coefficient (Wildman–Crippen LogP) is 2.44. The molecule has 0 bridgehead atoms. The van der Waals surface area contributed by atoms with Gasteiger partial charge in [-0.05, 0) is 36.1 Å². The molecule has 0 atom stereocenters. The lowest BCUT2D eigenvalue weighted by Gasteiger charge is -2.01. The fourth-order valence-corrected chi connectivity index (χ4v) is 1.98. The first kappa shape index (κ1) is 15.1. The van der Waals surface area contributed by atoms with E-state index >= 15 is 0 Å². The molecule has 114 valence electrons. The Hall–Kier alpha value is -3.76. The Balaban J connectivity index is 1.97. The summed E-state index contributed by atoms with van der Waals surface area (Å²) in [5, 5.41) is 0. The third-order valence-electron chi connectivity index (χ3n) is 3.16. The van der Waals surface area contributed by atoms with Crippen LogP contribution >= 0.6 is 0 Å². The number of aromatic nitrogens is 2. The highest BCUT2D eigenvalue weighted by Gasteiger charge is 2.07. The molecule has 3 aromatic rings. The highest BCUT2D eigenvalue weighted by Crippen LogP contribution is 2.14. The standard InChI is InChI=1S/C20H14N4/c21-19-17(13-11-15-7-3-1-4-8-15)23-20(22)24-18(19)14-12-16-9-5-2-6-10-16/h1-10H,21H2,(H2,22,23,24). The summed E-state index contributed by atoms with van der Waals surface area (Å²) in [4.78, 5) is 8.21. The maximum atomic E-state index is 6.09. The molecule has 0 spiro atoms. The lowest BCUT2D eigenvalue weighted by molar-refractivity contribution is 1.15. The van der Waals surface area contributed by atoms with Crippen LogP contribution in [0.2, 0.25) is 0 Å². The van der Waals surface area contributed by atoms with Crippen molar-refractivity contribution in [1.29, 1.82) is 0 Å². The van der Waals surface area contributed by atoms with Crippen LogP contribution < -0.4 is 11.5 Å². The first-order valence-corrected chi connectivity index (χ1v) is 7.29. The molecule has 0 saturated carbocycles. The SMILES string of the molecule is Nc1nc(C#Cc2ccccc2)c(N)c(C#Cc2ccccc2)n1. The molecule has 1 aromatic heterocycles. The van der Waals surface area contributed by atoms with Gasteiger partial charge in [-0.1, -0.05) is 48.2 Å². The fraction of sp³-hybridized carbons (Fsp3) is 0. The Kier molecular flexibility index (Phi) is 4.42. The van der Waals surface area contributed by atoms with Gasteiger partial charge >= 0.3 is 0 Å². The summed E-state index contributed by atoms with van der Waals surface area (Å²) in [6.45, 7) is 0. The molecule has 3 rings (SSSR count). The molecule has 0 radical (unpaired) electrons. The largest absolute Gasteiger partial charge is 0.394 e. The van der Waals surface area contributed by atoms with Crippen molar-refractivity contribution in [3.63, 3.8) is 0 Å². The van der Waals surface area contributed by atoms with Gasteiger partial charge in [0, 0.05) is 11.1 Å². The van der Waals surface area contributed by atoms with Crippen molar-refractivity contribution in [1.82, 2.24) is 9.97 Å². The van der Waals surface area contributed by atoms with Gasteiger partial charge in [-0.2, -0.15) is 0 Å². The molecule has 4 heteroatoms. The van der Waals surface area contributed by atoms with Crippen LogP contribution in [0.15, 0.2) is 60.7 Å². The van der Waals surface area contributed by atoms with Crippen molar-refractivity contribution in [2.45, 2.75) is 0 Å². The summed E-state index contributed by atoms with van der Waals surface area (Å²) >= 11 is 0. The minimum atomic E-state index is 0.0962. The summed E-state index contributed by atoms with van der Waals surface area (Å²) in [5.74, 6) is 12.0. The highest BCUT2D eigenvalue weighted by atomic mass is 15.0. The summed E-state index contributed by atoms with van der Waals surface area (Å²) in [7, 11) is 0. The Morgan fingerprint density at radius 1 is 0.583 bits per heavy atom. The van der Waals surface area contributed by atoms with Gasteiger partial charge in [0.25, 0.3) is 0 Å². The van der Waals surface area contributed by atoms with E-state index in [1.807, 2.05) is 60.7 Å². The number of hydrogen-bond acceptors (Lipinski definition) is 4. The molecule has 0 amide bonds. The van der Waals surface area contributed by atoms with Gasteiger partial charge < -0.3 is 11.5 Å². The van der Waals surface area contributed by atoms with Gasteiger partial charge in [0.1, 0.15) is 17.1 Å². The quantitative estimate of drug-likeness (QED) is 0.625. The molecule has 24 heavy (non-hydrogen) atoms. The van der Waals surface area contributed by atoms with Gasteiger partial charge in [-0.3, -0.25) is 0 Å². The van der Waals surface area contributed by atoms with E-state index in [9.17, 15) is 0 Å². The van der Waals surface area contributed by atoms with Crippen molar-refractivity contribution in [2.24, 2.45) is 0 Å². The Labute approximate surface area is 140 Å². The molecule has 0 saturated heterocycles. The normalized spacial score (nSPS) is 9.33. The van der Waals surface area contributed by atoms with Gasteiger partial charge in [0.05, 0.1) is 0 Å². The Bertz CT molecular complexity index is 894. The van der Waals surface area contributed by atoms with Gasteiger partial charge in [-0.15, -0.1) is 0 Å². The van der Waals surface area contributed by atoms with E-state index in [4.69, 9.17) is 11.5 Å². The summed E-state index contributed by atoms with van der Waals surface area (Å²) in [6, 6.07) is 19.1. The molecule has 0 aliphatic heterocycles. The van der Waals surface area contributed by atoms with Crippen molar-refractivity contribution in [3.8, 4) is 23.7 Å². The summed E-state index contributed by atoms with van der Waals surface area (Å²) in [5.41, 5.74) is 14.7. The topological polar surface area (TPSA) is 77.8 Å². The van der Waals surface area contributed by atoms with Crippen LogP contribution in [0.1, 0.15) is 22.5 Å². The number of benzene rings is 2. The van der Waals surface area contributed by atoms with Crippen molar-refractivity contribution >= 4 is 11.6 Å². The first-order chi connectivity index (χ1) is 11.7. The van der Waals surface area contributed by atoms with E-state index in [1.54, 1.807) is 0 Å². The average Bonchev–Trinajstić information content (AvgIpc) is 2.62. The van der Waals surface area contributed by atoms with Crippen LogP contribution in [-0.4, -0.2) is 9.97 Å². The van der Waals surface area contributed by atoms with E-state index < -0.39 is 0 Å². The lowest BCUT2D eigenvalue weighted by atomic mass is 10.2. The molecule has 2 aromatic carbocycles. The monoisotopic (exact) mass is 310 g/mol. The van der Waals surface area contributed by atoms with Crippen LogP contribution in [-0.2, 0) is 0 Å². The van der Waals surface area contributed by atoms with E-state index in [0.717, 1.165) is 11.1 Å². The third kappa shape index (κ3) is 3.71. The first-order valence-electron chi connectivity index (χ1n) is 7.29. The van der Waals surface area contributed by atoms with Crippen LogP contribution in [0, 0.1) is 23.7 Å². The average molecular weight is 310 g/mol. The minimum Gasteiger partial charge on any atom is -0.394 e. The van der Waals surface area contributed by atoms with Crippen molar-refractivity contribution in [2.75, 3.05) is 11.5 Å². The number of hydrogen-bond donors (Lipinski definition) is 2. The minimum absolute atomic E-state index is 0.0962. The van der Waals surface area contributed by atoms with E-state index in [2.05, 4.69) is 33.6 Å². The molecular formula is C20H14N4. The van der Waals surface area contributed by atoms with Gasteiger partial charge in [-0.25, -0.2) is 9.97 Å². The number of anilines is 2. The summed E-state index contributed by atoms with van der Waals surface area (Å²) in [6.07, 6.45) is 0. The molecule has 4 N–H and O–H groups in total. The van der Waals surface area contributed by atoms with E-state index in [0.29, 0.717) is 17.1 Å². The third-order valence-corrected chi connectivity index (χ3v) is 3.16. The molecule has 4 nitrogen and oxygen atoms in total. The van der Waals surface area contributed by atoms with Gasteiger partial charge in [0.2, 0.25) is 5.95 Å². The van der Waals surface area contributed by atoms with E-state index in [1.165, 1.54) is 0 Å². The Morgan fingerprint density at radius 3 is 1.42 bits per heavy atom. The molecule has 0 aliphatic carbocycles. The molecular weight excluding hydrogens is 296 g/mol. The van der Waals surface area contributed by atoms with E-state index in [-0.39, 0.29) is 5.95 Å². The Morgan fingerprint density at radius 2 is 1.00 bits per heavy atom. The second-order valence-corrected chi connectivity index (χ2v) is 4.92. The zero-order chi connectivity index (χ0) is 16.8. The maximum absolute atomic E-state index is 6.09. The zero-order valence-corrected chi connectivity index (χ0v) is 12.8. The number of nitrogens with two attached hydrogens (primary N) is 2. The summed E-state index contributed by atoms with van der Waals surface area (Å²) < 4.78 is 0. The van der Waals surface area contributed by atoms with Crippen LogP contribution in [0.4, 0.5) is 11.6 Å². The molecule has 0 fully saturated rings. The van der Waals surface area contributed by atoms with Gasteiger partial charge in [0.15, 0.2) is 0 Å². The van der Waals surface area contributed by atoms with Crippen LogP contribution in [0.3, 0.4) is 0 Å². The molecule has 1 heterocycles. The zero-order valence-electron chi connectivity index (χ0n) is 12.8. The number of rotatable bonds is 0. The second-order valence-electron chi connectivity index (χ2n) is 4.92. The predicted molar refractivity (Wildman–Crippen MR) is 95.7 cm³/mol. The fourth-order valence-electron chi connectivity index (χ4n) is 1.98. The van der Waals surface area contributed by atoms with Crippen LogP contribution in [0.5, 0.6) is 0 Å². The lowest BCUT2D eigenvalue weighted by Crippen LogP contribution is -2.05. The van der Waals surface area contributed by atoms with Crippen molar-refractivity contribution < 1.29 is 0 Å². The molecule has 0 aliphatic rings. The van der Waals surface area contributed by atoms with Crippen molar-refractivity contribution in [3.05, 3.63) is 83.2 Å². The maximum Gasteiger partial charge on any atom is 0.222 e. The molecule has 0 unspecified atom stereocenters. The van der Waals surface area contributed by atoms with Crippen LogP contribution in [0.25, 0.3) is 0 Å². The highest BCUT2D eigenvalue weighted by molar-refractivity contribution is 5.63.